The Kier molecular flexibility index (Phi) is 22.6. The molecule has 4 bridgehead atoms. The van der Waals surface area contributed by atoms with Gasteiger partial charge >= 0.3 is 30.3 Å². The molecule has 2 saturated heterocycles. The maximum absolute atomic E-state index is 14.8. The van der Waals surface area contributed by atoms with Gasteiger partial charge in [-0.1, -0.05) is 131 Å². The standard InChI is InChI=1S/C72H86N8O16/c1-40(2)62(78-69(87)93-39-53-51-20-13-11-18-49(51)50-19-12-14-21-52(50)53)65(83)77-54(22-16-32-74-67(73)85)64(82)75-47-28-24-44(25-29-47)38-92-68(86)76-48-30-26-46(27-31-48)61-55-34-45(35-56(61)90-9)33-42(5)17-15-23-58(91-10)72(89)37-57(94-70(88)79-72)43(6)63-71(7,96-63)59(36-60(81)80(55)8)95-66(84)41(3)4/h11-15,17-21,23-31,34-35,40-41,43,53-54,57-59,62-63,89H,16,22,32-33,36-39H2,1-10H3,(H,75,82)(H,76,86)(H,77,83)(H,78,87)(H,79,88)(H3,73,74,85)/b23-15+,42-17+/t43-,54+,57+,58-,59+,62+,63+,71+,72+/m1/s1. The largest absolute Gasteiger partial charge is 0.496 e. The second kappa shape index (κ2) is 30.7. The van der Waals surface area contributed by atoms with Crippen molar-refractivity contribution < 1.29 is 76.6 Å². The Bertz CT molecular complexity index is 3720. The highest BCUT2D eigenvalue weighted by molar-refractivity contribution is 6.00. The van der Waals surface area contributed by atoms with E-state index in [-0.39, 0.29) is 51.4 Å². The molecule has 8 amide bonds. The third-order valence-corrected chi connectivity index (χ3v) is 17.9. The van der Waals surface area contributed by atoms with Crippen molar-refractivity contribution in [3.05, 3.63) is 155 Å². The first kappa shape index (κ1) is 70.5. The number of nitrogens with two attached hydrogens (primary N) is 1. The van der Waals surface area contributed by atoms with Crippen molar-refractivity contribution in [2.45, 2.75) is 141 Å². The van der Waals surface area contributed by atoms with Gasteiger partial charge in [-0.3, -0.25) is 29.8 Å². The first-order valence-electron chi connectivity index (χ1n) is 32.1. The van der Waals surface area contributed by atoms with Gasteiger partial charge in [0.2, 0.25) is 17.7 Å². The average molecular weight is 1320 g/mol. The van der Waals surface area contributed by atoms with Gasteiger partial charge in [-0.15, -0.1) is 0 Å². The number of ether oxygens (including phenoxy) is 7. The summed E-state index contributed by atoms with van der Waals surface area (Å²) < 4.78 is 41.3. The van der Waals surface area contributed by atoms with E-state index in [0.29, 0.717) is 45.9 Å². The molecule has 2 fully saturated rings. The van der Waals surface area contributed by atoms with Crippen molar-refractivity contribution in [1.82, 2.24) is 21.3 Å². The molecule has 5 aromatic carbocycles. The zero-order valence-corrected chi connectivity index (χ0v) is 55.7. The number of hydrogen-bond acceptors (Lipinski definition) is 16. The molecule has 9 rings (SSSR count). The van der Waals surface area contributed by atoms with Crippen LogP contribution in [0.4, 0.5) is 36.2 Å². The summed E-state index contributed by atoms with van der Waals surface area (Å²) in [5.74, 6) is -3.40. The molecule has 1 aliphatic carbocycles. The zero-order chi connectivity index (χ0) is 69.2. The highest BCUT2D eigenvalue weighted by Gasteiger charge is 2.64. The molecule has 9 atom stereocenters. The van der Waals surface area contributed by atoms with E-state index in [2.05, 4.69) is 31.9 Å². The summed E-state index contributed by atoms with van der Waals surface area (Å²) in [6.45, 7) is 12.4. The lowest BCUT2D eigenvalue weighted by molar-refractivity contribution is -0.157. The molecule has 0 radical (unpaired) electrons. The number of esters is 1. The van der Waals surface area contributed by atoms with Gasteiger partial charge in [-0.2, -0.15) is 0 Å². The van der Waals surface area contributed by atoms with Crippen molar-refractivity contribution in [3.8, 4) is 28.0 Å². The molecule has 0 spiro atoms. The van der Waals surface area contributed by atoms with Crippen LogP contribution in [0.3, 0.4) is 0 Å². The fraction of sp³-hybridized carbons (Fsp3) is 0.417. The van der Waals surface area contributed by atoms with Crippen molar-refractivity contribution in [2.24, 2.45) is 23.5 Å². The van der Waals surface area contributed by atoms with Crippen LogP contribution in [-0.4, -0.2) is 135 Å². The molecule has 24 heteroatoms. The number of anilines is 3. The predicted octanol–water partition coefficient (Wildman–Crippen LogP) is 9.52. The second-order valence-electron chi connectivity index (χ2n) is 25.6. The summed E-state index contributed by atoms with van der Waals surface area (Å²) in [5, 5.41) is 28.0. The summed E-state index contributed by atoms with van der Waals surface area (Å²) in [4.78, 5) is 109. The van der Waals surface area contributed by atoms with Crippen LogP contribution in [0.5, 0.6) is 5.75 Å². The van der Waals surface area contributed by atoms with Crippen molar-refractivity contribution in [2.75, 3.05) is 50.0 Å². The van der Waals surface area contributed by atoms with Gasteiger partial charge < -0.3 is 70.2 Å². The normalized spacial score (nSPS) is 23.0. The molecule has 96 heavy (non-hydrogen) atoms. The number of fused-ring (bicyclic) bond motifs is 8. The van der Waals surface area contributed by atoms with E-state index in [4.69, 9.17) is 38.9 Å². The van der Waals surface area contributed by atoms with Crippen LogP contribution >= 0.6 is 0 Å². The Hall–Kier alpha value is -9.78. The lowest BCUT2D eigenvalue weighted by Crippen LogP contribution is -2.63. The quantitative estimate of drug-likeness (QED) is 0.0156. The Balaban J connectivity index is 0.851. The van der Waals surface area contributed by atoms with Crippen LogP contribution in [0.1, 0.15) is 102 Å². The minimum absolute atomic E-state index is 0.0371. The van der Waals surface area contributed by atoms with Crippen LogP contribution in [0.25, 0.3) is 22.3 Å². The summed E-state index contributed by atoms with van der Waals surface area (Å²) in [6.07, 6.45) is -0.348. The molecule has 3 heterocycles. The molecule has 0 aromatic heterocycles. The van der Waals surface area contributed by atoms with E-state index in [0.717, 1.165) is 33.4 Å². The van der Waals surface area contributed by atoms with Gasteiger partial charge in [0.05, 0.1) is 31.2 Å². The number of alkyl carbamates (subject to hydrolysis) is 2. The maximum atomic E-state index is 14.8. The number of benzene rings is 5. The van der Waals surface area contributed by atoms with Crippen molar-refractivity contribution in [3.63, 3.8) is 0 Å². The summed E-state index contributed by atoms with van der Waals surface area (Å²) in [6, 6.07) is 30.1. The highest BCUT2D eigenvalue weighted by Crippen LogP contribution is 2.50. The SMILES string of the molecule is COc1cc2cc(c1-c1ccc(NC(=O)OCc3ccc(NC(=O)[C@H](CCCNC(N)=O)NC(=O)[C@@H](NC(=O)OCC4c5ccccc5-c5ccccc54)C(C)C)cc3)cc1)N(C)C(=O)C[C@H](OC(=O)C(C)C)[C@]1(C)O[C@H]1[C@H](C)[C@@H]1C[C@@](O)(NC(=O)O1)[C@H](OC)/C=C/C=C(\C)C2. The van der Waals surface area contributed by atoms with Crippen LogP contribution in [0, 0.1) is 17.8 Å². The van der Waals surface area contributed by atoms with E-state index < -0.39 is 114 Å². The minimum Gasteiger partial charge on any atom is -0.496 e. The Morgan fingerprint density at radius 2 is 1.49 bits per heavy atom. The van der Waals surface area contributed by atoms with Gasteiger partial charge in [-0.25, -0.2) is 19.2 Å². The molecule has 3 aliphatic heterocycles. The number of nitrogens with zero attached hydrogens (tertiary/aromatic N) is 1. The number of epoxide rings is 1. The number of carbonyl (C=O) groups is 8. The van der Waals surface area contributed by atoms with E-state index in [9.17, 15) is 43.5 Å². The van der Waals surface area contributed by atoms with E-state index in [1.165, 1.54) is 19.1 Å². The molecular formula is C72H86N8O16. The van der Waals surface area contributed by atoms with E-state index in [1.807, 2.05) is 80.6 Å². The van der Waals surface area contributed by atoms with Crippen molar-refractivity contribution in [1.29, 1.82) is 0 Å². The smallest absolute Gasteiger partial charge is 0.411 e. The molecule has 4 aliphatic rings. The third-order valence-electron chi connectivity index (χ3n) is 17.9. The molecule has 5 aromatic rings. The van der Waals surface area contributed by atoms with E-state index >= 15 is 0 Å². The van der Waals surface area contributed by atoms with Crippen LogP contribution in [-0.2, 0) is 60.6 Å². The van der Waals surface area contributed by atoms with Gasteiger partial charge in [-0.05, 0) is 114 Å². The number of hydrogen-bond donors (Lipinski definition) is 8. The van der Waals surface area contributed by atoms with Gasteiger partial charge in [0.1, 0.15) is 55.0 Å². The maximum Gasteiger partial charge on any atom is 0.411 e. The Labute approximate surface area is 558 Å². The topological polar surface area (TPSA) is 326 Å². The average Bonchev–Trinajstić information content (AvgIpc) is 1.55. The first-order valence-corrected chi connectivity index (χ1v) is 32.1. The van der Waals surface area contributed by atoms with Crippen molar-refractivity contribution >= 4 is 65.1 Å². The first-order chi connectivity index (χ1) is 45.8. The highest BCUT2D eigenvalue weighted by atomic mass is 16.7. The molecular weight excluding hydrogens is 1230 g/mol. The number of rotatable bonds is 20. The van der Waals surface area contributed by atoms with Crippen LogP contribution < -0.4 is 47.3 Å². The minimum atomic E-state index is -1.86. The predicted molar refractivity (Wildman–Crippen MR) is 358 cm³/mol. The number of carbonyl (C=O) groups excluding carboxylic acids is 8. The number of amides is 8. The Morgan fingerprint density at radius 3 is 2.12 bits per heavy atom. The third kappa shape index (κ3) is 16.8. The van der Waals surface area contributed by atoms with E-state index in [1.54, 1.807) is 102 Å². The number of primary amides is 1. The molecule has 0 unspecified atom stereocenters. The fourth-order valence-electron chi connectivity index (χ4n) is 12.5. The molecule has 510 valence electrons. The number of nitrogens with one attached hydrogen (secondary N) is 6. The molecule has 9 N–H and O–H groups in total. The number of methoxy groups -OCH3 is 2. The molecule has 0 saturated carbocycles. The number of urea groups is 1. The lowest BCUT2D eigenvalue weighted by atomic mass is 9.83. The van der Waals surface area contributed by atoms with Crippen LogP contribution in [0.15, 0.2) is 133 Å². The second-order valence-corrected chi connectivity index (χ2v) is 25.6. The summed E-state index contributed by atoms with van der Waals surface area (Å²) >= 11 is 0. The lowest BCUT2D eigenvalue weighted by Gasteiger charge is -2.42. The fourth-order valence-corrected chi connectivity index (χ4v) is 12.5. The Morgan fingerprint density at radius 1 is 0.833 bits per heavy atom. The number of aliphatic hydroxyl groups is 1. The summed E-state index contributed by atoms with van der Waals surface area (Å²) in [5.41, 5.74) is 11.1. The zero-order valence-electron chi connectivity index (χ0n) is 55.7. The van der Waals surface area contributed by atoms with Gasteiger partial charge in [0.25, 0.3) is 0 Å². The van der Waals surface area contributed by atoms with Crippen LogP contribution in [0.2, 0.25) is 0 Å². The summed E-state index contributed by atoms with van der Waals surface area (Å²) in [7, 11) is 4.58. The monoisotopic (exact) mass is 1320 g/mol. The van der Waals surface area contributed by atoms with Gasteiger partial charge in [0.15, 0.2) is 5.72 Å². The molecule has 24 nitrogen and oxygen atoms in total. The number of allylic oxidation sites excluding steroid dienone is 3. The van der Waals surface area contributed by atoms with Gasteiger partial charge in [0, 0.05) is 55.9 Å².